The average molecular weight is 184 g/mol. The van der Waals surface area contributed by atoms with Gasteiger partial charge in [-0.05, 0) is 24.3 Å². The molecule has 3 heteroatoms. The van der Waals surface area contributed by atoms with Crippen molar-refractivity contribution < 1.29 is 4.74 Å². The molecule has 1 aromatic rings. The lowest BCUT2D eigenvalue weighted by molar-refractivity contribution is 0.359. The Balaban J connectivity index is 2.53. The fraction of sp³-hybridized carbons (Fsp3) is 0.111. The largest absolute Gasteiger partial charge is 0.488 e. The van der Waals surface area contributed by atoms with E-state index in [9.17, 15) is 0 Å². The van der Waals surface area contributed by atoms with Crippen molar-refractivity contribution >= 4 is 17.3 Å². The van der Waals surface area contributed by atoms with E-state index in [4.69, 9.17) is 22.1 Å². The van der Waals surface area contributed by atoms with E-state index in [-0.39, 0.29) is 0 Å². The van der Waals surface area contributed by atoms with Crippen molar-refractivity contribution in [3.8, 4) is 5.75 Å². The molecule has 0 saturated heterocycles. The van der Waals surface area contributed by atoms with Gasteiger partial charge in [0.05, 0.1) is 0 Å². The Morgan fingerprint density at radius 1 is 1.42 bits per heavy atom. The molecule has 0 heterocycles. The predicted octanol–water partition coefficient (Wildman–Crippen LogP) is 2.40. The molecule has 0 aliphatic heterocycles. The second-order valence-corrected chi connectivity index (χ2v) is 2.91. The maximum atomic E-state index is 5.51. The SMILES string of the molecule is C=C(Cl)COc1ccc(N)cc1. The lowest BCUT2D eigenvalue weighted by Gasteiger charge is -2.03. The summed E-state index contributed by atoms with van der Waals surface area (Å²) in [7, 11) is 0. The summed E-state index contributed by atoms with van der Waals surface area (Å²) in [5.74, 6) is 0.742. The van der Waals surface area contributed by atoms with Gasteiger partial charge in [-0.25, -0.2) is 0 Å². The summed E-state index contributed by atoms with van der Waals surface area (Å²) in [6, 6.07) is 7.11. The van der Waals surface area contributed by atoms with Crippen LogP contribution in [-0.4, -0.2) is 6.61 Å². The number of nitrogens with two attached hydrogens (primary N) is 1. The molecule has 0 aliphatic rings. The molecule has 0 aliphatic carbocycles. The number of halogens is 1. The zero-order valence-corrected chi connectivity index (χ0v) is 7.34. The lowest BCUT2D eigenvalue weighted by atomic mass is 10.3. The Kier molecular flexibility index (Phi) is 3.00. The highest BCUT2D eigenvalue weighted by Gasteiger charge is 1.93. The molecule has 0 spiro atoms. The van der Waals surface area contributed by atoms with E-state index in [0.717, 1.165) is 5.75 Å². The summed E-state index contributed by atoms with van der Waals surface area (Å²) in [6.45, 7) is 3.83. The van der Waals surface area contributed by atoms with Crippen molar-refractivity contribution in [1.29, 1.82) is 0 Å². The van der Waals surface area contributed by atoms with Crippen molar-refractivity contribution in [2.75, 3.05) is 12.3 Å². The average Bonchev–Trinajstić information content (AvgIpc) is 2.03. The number of hydrogen-bond acceptors (Lipinski definition) is 2. The predicted molar refractivity (Wildman–Crippen MR) is 51.3 cm³/mol. The van der Waals surface area contributed by atoms with Crippen molar-refractivity contribution in [3.05, 3.63) is 35.9 Å². The summed E-state index contributed by atoms with van der Waals surface area (Å²) in [4.78, 5) is 0. The van der Waals surface area contributed by atoms with Gasteiger partial charge in [0.25, 0.3) is 0 Å². The Hall–Kier alpha value is -1.15. The van der Waals surface area contributed by atoms with Crippen molar-refractivity contribution in [2.45, 2.75) is 0 Å². The van der Waals surface area contributed by atoms with Crippen molar-refractivity contribution in [2.24, 2.45) is 0 Å². The molecule has 2 N–H and O–H groups in total. The van der Waals surface area contributed by atoms with Crippen LogP contribution in [0, 0.1) is 0 Å². The summed E-state index contributed by atoms with van der Waals surface area (Å²) in [5.41, 5.74) is 6.20. The lowest BCUT2D eigenvalue weighted by Crippen LogP contribution is -1.96. The molecule has 0 fully saturated rings. The minimum Gasteiger partial charge on any atom is -0.488 e. The minimum absolute atomic E-state index is 0.325. The number of anilines is 1. The summed E-state index contributed by atoms with van der Waals surface area (Å²) < 4.78 is 5.24. The van der Waals surface area contributed by atoms with E-state index in [1.54, 1.807) is 24.3 Å². The van der Waals surface area contributed by atoms with Crippen LogP contribution in [0.4, 0.5) is 5.69 Å². The first-order valence-corrected chi connectivity index (χ1v) is 3.88. The molecule has 2 nitrogen and oxygen atoms in total. The van der Waals surface area contributed by atoms with Gasteiger partial charge < -0.3 is 10.5 Å². The van der Waals surface area contributed by atoms with Gasteiger partial charge >= 0.3 is 0 Å². The van der Waals surface area contributed by atoms with Gasteiger partial charge in [0, 0.05) is 10.7 Å². The van der Waals surface area contributed by atoms with Crippen LogP contribution >= 0.6 is 11.6 Å². The summed E-state index contributed by atoms with van der Waals surface area (Å²) in [5, 5.41) is 0.479. The Morgan fingerprint density at radius 2 is 2.00 bits per heavy atom. The quantitative estimate of drug-likeness (QED) is 0.731. The Bertz CT molecular complexity index is 268. The van der Waals surface area contributed by atoms with Crippen LogP contribution in [0.3, 0.4) is 0 Å². The second-order valence-electron chi connectivity index (χ2n) is 2.37. The standard InChI is InChI=1S/C9H10ClNO/c1-7(10)6-12-9-4-2-8(11)3-5-9/h2-5H,1,6,11H2. The molecule has 0 saturated carbocycles. The number of hydrogen-bond donors (Lipinski definition) is 1. The van der Waals surface area contributed by atoms with Gasteiger partial charge in [-0.2, -0.15) is 0 Å². The van der Waals surface area contributed by atoms with Gasteiger partial charge in [-0.15, -0.1) is 0 Å². The maximum absolute atomic E-state index is 5.51. The molecule has 1 rings (SSSR count). The highest BCUT2D eigenvalue weighted by molar-refractivity contribution is 6.29. The maximum Gasteiger partial charge on any atom is 0.123 e. The van der Waals surface area contributed by atoms with E-state index >= 15 is 0 Å². The number of benzene rings is 1. The van der Waals surface area contributed by atoms with E-state index in [0.29, 0.717) is 17.3 Å². The highest BCUT2D eigenvalue weighted by Crippen LogP contribution is 2.14. The topological polar surface area (TPSA) is 35.2 Å². The van der Waals surface area contributed by atoms with Crippen LogP contribution in [0.15, 0.2) is 35.9 Å². The van der Waals surface area contributed by atoms with Gasteiger partial charge in [0.1, 0.15) is 12.4 Å². The molecule has 0 amide bonds. The fourth-order valence-electron chi connectivity index (χ4n) is 0.726. The Labute approximate surface area is 76.6 Å². The van der Waals surface area contributed by atoms with Crippen molar-refractivity contribution in [3.63, 3.8) is 0 Å². The minimum atomic E-state index is 0.325. The third-order valence-corrected chi connectivity index (χ3v) is 1.38. The molecule has 0 radical (unpaired) electrons. The molecule has 1 aromatic carbocycles. The molecule has 0 atom stereocenters. The van der Waals surface area contributed by atoms with Gasteiger partial charge in [0.2, 0.25) is 0 Å². The summed E-state index contributed by atoms with van der Waals surface area (Å²) >= 11 is 5.51. The third kappa shape index (κ3) is 2.84. The smallest absolute Gasteiger partial charge is 0.123 e. The number of nitrogen functional groups attached to an aromatic ring is 1. The van der Waals surface area contributed by atoms with Gasteiger partial charge in [-0.1, -0.05) is 18.2 Å². The van der Waals surface area contributed by atoms with Crippen LogP contribution in [0.1, 0.15) is 0 Å². The van der Waals surface area contributed by atoms with Crippen molar-refractivity contribution in [1.82, 2.24) is 0 Å². The molecule has 0 bridgehead atoms. The number of ether oxygens (including phenoxy) is 1. The normalized spacial score (nSPS) is 9.42. The zero-order valence-electron chi connectivity index (χ0n) is 6.59. The van der Waals surface area contributed by atoms with Crippen LogP contribution in [0.2, 0.25) is 0 Å². The monoisotopic (exact) mass is 183 g/mol. The first kappa shape index (κ1) is 8.94. The van der Waals surface area contributed by atoms with Crippen LogP contribution in [0.5, 0.6) is 5.75 Å². The van der Waals surface area contributed by atoms with E-state index in [2.05, 4.69) is 6.58 Å². The molecule has 0 unspecified atom stereocenters. The fourth-order valence-corrected chi connectivity index (χ4v) is 0.780. The summed E-state index contributed by atoms with van der Waals surface area (Å²) in [6.07, 6.45) is 0. The van der Waals surface area contributed by atoms with E-state index < -0.39 is 0 Å². The van der Waals surface area contributed by atoms with Gasteiger partial charge in [0.15, 0.2) is 0 Å². The highest BCUT2D eigenvalue weighted by atomic mass is 35.5. The second kappa shape index (κ2) is 4.02. The first-order valence-electron chi connectivity index (χ1n) is 3.50. The molecule has 64 valence electrons. The van der Waals surface area contributed by atoms with E-state index in [1.165, 1.54) is 0 Å². The molecular formula is C9H10ClNO. The first-order chi connectivity index (χ1) is 5.68. The van der Waals surface area contributed by atoms with E-state index in [1.807, 2.05) is 0 Å². The Morgan fingerprint density at radius 3 is 2.50 bits per heavy atom. The van der Waals surface area contributed by atoms with Crippen LogP contribution < -0.4 is 10.5 Å². The zero-order chi connectivity index (χ0) is 8.97. The van der Waals surface area contributed by atoms with Crippen LogP contribution in [-0.2, 0) is 0 Å². The van der Waals surface area contributed by atoms with Crippen LogP contribution in [0.25, 0.3) is 0 Å². The molecular weight excluding hydrogens is 174 g/mol. The third-order valence-electron chi connectivity index (χ3n) is 1.28. The van der Waals surface area contributed by atoms with Gasteiger partial charge in [-0.3, -0.25) is 0 Å². The molecule has 0 aromatic heterocycles. The molecule has 12 heavy (non-hydrogen) atoms. The number of rotatable bonds is 3.